The summed E-state index contributed by atoms with van der Waals surface area (Å²) in [5.74, 6) is 0.831. The molecule has 0 spiro atoms. The molecule has 0 aromatic heterocycles. The third kappa shape index (κ3) is 3.88. The van der Waals surface area contributed by atoms with Gasteiger partial charge in [0.25, 0.3) is 5.91 Å². The first kappa shape index (κ1) is 17.4. The minimum Gasteiger partial charge on any atom is -0.486 e. The van der Waals surface area contributed by atoms with Crippen molar-refractivity contribution in [2.75, 3.05) is 36.9 Å². The predicted octanol–water partition coefficient (Wildman–Crippen LogP) is 2.26. The van der Waals surface area contributed by atoms with Gasteiger partial charge in [0.2, 0.25) is 5.91 Å². The Hall–Kier alpha value is -3.06. The lowest BCUT2D eigenvalue weighted by atomic mass is 10.1. The Morgan fingerprint density at radius 1 is 1.00 bits per heavy atom. The van der Waals surface area contributed by atoms with E-state index in [9.17, 15) is 9.59 Å². The highest BCUT2D eigenvalue weighted by Crippen LogP contribution is 2.33. The first-order valence-electron chi connectivity index (χ1n) is 9.02. The normalized spacial score (nSPS) is 18.0. The molecule has 0 bridgehead atoms. The molecule has 3 N–H and O–H groups in total. The van der Waals surface area contributed by atoms with Crippen LogP contribution in [0.3, 0.4) is 0 Å². The smallest absolute Gasteiger partial charge is 0.257 e. The molecule has 1 unspecified atom stereocenters. The summed E-state index contributed by atoms with van der Waals surface area (Å²) in [4.78, 5) is 25.2. The second kappa shape index (κ2) is 7.67. The molecule has 2 aromatic rings. The van der Waals surface area contributed by atoms with Crippen molar-refractivity contribution in [2.24, 2.45) is 5.92 Å². The van der Waals surface area contributed by atoms with Crippen LogP contribution < -0.4 is 25.4 Å². The summed E-state index contributed by atoms with van der Waals surface area (Å²) < 4.78 is 11.0. The van der Waals surface area contributed by atoms with Crippen LogP contribution in [0.2, 0.25) is 0 Å². The van der Waals surface area contributed by atoms with Crippen molar-refractivity contribution in [1.29, 1.82) is 0 Å². The van der Waals surface area contributed by atoms with Gasteiger partial charge in [0.1, 0.15) is 13.2 Å². The monoisotopic (exact) mass is 367 g/mol. The highest BCUT2D eigenvalue weighted by atomic mass is 16.6. The Balaban J connectivity index is 1.49. The summed E-state index contributed by atoms with van der Waals surface area (Å²) in [6, 6.07) is 12.3. The molecule has 1 fully saturated rings. The zero-order chi connectivity index (χ0) is 18.6. The van der Waals surface area contributed by atoms with E-state index >= 15 is 0 Å². The second-order valence-corrected chi connectivity index (χ2v) is 6.54. The van der Waals surface area contributed by atoms with Gasteiger partial charge >= 0.3 is 0 Å². The van der Waals surface area contributed by atoms with Crippen molar-refractivity contribution in [2.45, 2.75) is 6.42 Å². The quantitative estimate of drug-likeness (QED) is 0.771. The molecule has 0 radical (unpaired) electrons. The van der Waals surface area contributed by atoms with Gasteiger partial charge in [0.15, 0.2) is 11.5 Å². The van der Waals surface area contributed by atoms with Crippen LogP contribution in [0, 0.1) is 5.92 Å². The molecule has 2 aliphatic rings. The van der Waals surface area contributed by atoms with Crippen LogP contribution in [0.1, 0.15) is 16.8 Å². The standard InChI is InChI=1S/C20H21N3O4/c24-19(13-7-8-21-12-13)23-16-4-2-1-3-15(16)20(25)22-14-5-6-17-18(11-14)27-10-9-26-17/h1-6,11,13,21H,7-10,12H2,(H,22,25)(H,23,24). The Kier molecular flexibility index (Phi) is 4.93. The van der Waals surface area contributed by atoms with E-state index in [-0.39, 0.29) is 17.7 Å². The lowest BCUT2D eigenvalue weighted by Gasteiger charge is -2.19. The number of fused-ring (bicyclic) bond motifs is 1. The molecule has 2 amide bonds. The topological polar surface area (TPSA) is 88.7 Å². The molecule has 4 rings (SSSR count). The van der Waals surface area contributed by atoms with Crippen LogP contribution >= 0.6 is 0 Å². The number of hydrogen-bond acceptors (Lipinski definition) is 5. The molecule has 1 atom stereocenters. The zero-order valence-corrected chi connectivity index (χ0v) is 14.8. The number of amides is 2. The van der Waals surface area contributed by atoms with Crippen molar-refractivity contribution in [1.82, 2.24) is 5.32 Å². The van der Waals surface area contributed by atoms with Gasteiger partial charge in [-0.25, -0.2) is 0 Å². The van der Waals surface area contributed by atoms with Crippen molar-refractivity contribution >= 4 is 23.2 Å². The van der Waals surface area contributed by atoms with E-state index in [1.165, 1.54) is 0 Å². The molecule has 2 aliphatic heterocycles. The number of carbonyl (C=O) groups excluding carboxylic acids is 2. The lowest BCUT2D eigenvalue weighted by Crippen LogP contribution is -2.26. The fraction of sp³-hybridized carbons (Fsp3) is 0.300. The summed E-state index contributed by atoms with van der Waals surface area (Å²) >= 11 is 0. The summed E-state index contributed by atoms with van der Waals surface area (Å²) in [5, 5.41) is 8.91. The van der Waals surface area contributed by atoms with Crippen LogP contribution in [0.15, 0.2) is 42.5 Å². The summed E-state index contributed by atoms with van der Waals surface area (Å²) in [6.45, 7) is 2.50. The fourth-order valence-electron chi connectivity index (χ4n) is 3.22. The molecule has 2 heterocycles. The average molecular weight is 367 g/mol. The van der Waals surface area contributed by atoms with E-state index in [1.54, 1.807) is 42.5 Å². The highest BCUT2D eigenvalue weighted by molar-refractivity contribution is 6.10. The van der Waals surface area contributed by atoms with Crippen molar-refractivity contribution < 1.29 is 19.1 Å². The second-order valence-electron chi connectivity index (χ2n) is 6.54. The Morgan fingerprint density at radius 2 is 1.81 bits per heavy atom. The minimum absolute atomic E-state index is 0.0698. The molecule has 1 saturated heterocycles. The van der Waals surface area contributed by atoms with Gasteiger partial charge in [-0.3, -0.25) is 9.59 Å². The van der Waals surface area contributed by atoms with E-state index in [0.29, 0.717) is 48.2 Å². The maximum absolute atomic E-state index is 12.8. The molecular formula is C20H21N3O4. The number of nitrogens with one attached hydrogen (secondary N) is 3. The summed E-state index contributed by atoms with van der Waals surface area (Å²) in [7, 11) is 0. The van der Waals surface area contributed by atoms with Gasteiger partial charge in [-0.1, -0.05) is 12.1 Å². The molecule has 2 aromatic carbocycles. The highest BCUT2D eigenvalue weighted by Gasteiger charge is 2.24. The summed E-state index contributed by atoms with van der Waals surface area (Å²) in [5.41, 5.74) is 1.52. The minimum atomic E-state index is -0.299. The maximum Gasteiger partial charge on any atom is 0.257 e. The van der Waals surface area contributed by atoms with Crippen molar-refractivity contribution in [3.05, 3.63) is 48.0 Å². The molecule has 0 aliphatic carbocycles. The molecule has 7 heteroatoms. The number of benzene rings is 2. The Labute approximate surface area is 157 Å². The largest absolute Gasteiger partial charge is 0.486 e. The summed E-state index contributed by atoms with van der Waals surface area (Å²) in [6.07, 6.45) is 0.803. The van der Waals surface area contributed by atoms with Gasteiger partial charge in [-0.15, -0.1) is 0 Å². The van der Waals surface area contributed by atoms with Crippen LogP contribution in [0.25, 0.3) is 0 Å². The SMILES string of the molecule is O=C(Nc1ccc2c(c1)OCCO2)c1ccccc1NC(=O)C1CCNC1. The number of ether oxygens (including phenoxy) is 2. The number of anilines is 2. The Morgan fingerprint density at radius 3 is 2.63 bits per heavy atom. The maximum atomic E-state index is 12.8. The van der Waals surface area contributed by atoms with E-state index in [2.05, 4.69) is 16.0 Å². The van der Waals surface area contributed by atoms with Gasteiger partial charge in [0, 0.05) is 18.3 Å². The van der Waals surface area contributed by atoms with Crippen LogP contribution in [0.4, 0.5) is 11.4 Å². The third-order valence-corrected chi connectivity index (χ3v) is 4.66. The van der Waals surface area contributed by atoms with Gasteiger partial charge in [-0.05, 0) is 37.2 Å². The first-order valence-corrected chi connectivity index (χ1v) is 9.02. The van der Waals surface area contributed by atoms with E-state index in [4.69, 9.17) is 9.47 Å². The van der Waals surface area contributed by atoms with E-state index in [1.807, 2.05) is 0 Å². The predicted molar refractivity (Wildman–Crippen MR) is 101 cm³/mol. The zero-order valence-electron chi connectivity index (χ0n) is 14.8. The molecular weight excluding hydrogens is 346 g/mol. The molecule has 7 nitrogen and oxygen atoms in total. The number of carbonyl (C=O) groups is 2. The van der Waals surface area contributed by atoms with Gasteiger partial charge in [-0.2, -0.15) is 0 Å². The molecule has 27 heavy (non-hydrogen) atoms. The molecule has 0 saturated carbocycles. The van der Waals surface area contributed by atoms with E-state index < -0.39 is 0 Å². The van der Waals surface area contributed by atoms with Crippen molar-refractivity contribution in [3.63, 3.8) is 0 Å². The number of hydrogen-bond donors (Lipinski definition) is 3. The lowest BCUT2D eigenvalue weighted by molar-refractivity contribution is -0.119. The fourth-order valence-corrected chi connectivity index (χ4v) is 3.22. The van der Waals surface area contributed by atoms with Crippen LogP contribution in [-0.4, -0.2) is 38.1 Å². The first-order chi connectivity index (χ1) is 13.2. The Bertz CT molecular complexity index is 862. The van der Waals surface area contributed by atoms with Gasteiger partial charge in [0.05, 0.1) is 17.2 Å². The van der Waals surface area contributed by atoms with Crippen LogP contribution in [0.5, 0.6) is 11.5 Å². The van der Waals surface area contributed by atoms with Gasteiger partial charge < -0.3 is 25.4 Å². The van der Waals surface area contributed by atoms with Crippen LogP contribution in [-0.2, 0) is 4.79 Å². The van der Waals surface area contributed by atoms with Crippen molar-refractivity contribution in [3.8, 4) is 11.5 Å². The average Bonchev–Trinajstić information content (AvgIpc) is 3.23. The molecule has 140 valence electrons. The van der Waals surface area contributed by atoms with E-state index in [0.717, 1.165) is 13.0 Å². The number of rotatable bonds is 4. The third-order valence-electron chi connectivity index (χ3n) is 4.66. The number of para-hydroxylation sites is 1.